The molecule has 1 aromatic heterocycles. The number of hydrogen-bond donors (Lipinski definition) is 1. The number of nitrogens with one attached hydrogen (secondary N) is 1. The van der Waals surface area contributed by atoms with Crippen molar-refractivity contribution in [1.29, 1.82) is 0 Å². The fourth-order valence-electron chi connectivity index (χ4n) is 1.40. The van der Waals surface area contributed by atoms with Crippen LogP contribution in [0.25, 0.3) is 0 Å². The third kappa shape index (κ3) is 5.54. The van der Waals surface area contributed by atoms with Gasteiger partial charge in [-0.3, -0.25) is 4.68 Å². The van der Waals surface area contributed by atoms with Gasteiger partial charge in [-0.05, 0) is 38.4 Å². The molecule has 0 aromatic carbocycles. The molecule has 0 saturated heterocycles. The van der Waals surface area contributed by atoms with Gasteiger partial charge < -0.3 is 10.1 Å². The maximum Gasteiger partial charge on any atom is 0.0522 e. The first kappa shape index (κ1) is 12.2. The highest BCUT2D eigenvalue weighted by molar-refractivity contribution is 5.03. The van der Waals surface area contributed by atoms with Crippen molar-refractivity contribution >= 4 is 0 Å². The molecular weight excluding hydrogens is 190 g/mol. The van der Waals surface area contributed by atoms with Crippen molar-refractivity contribution in [2.45, 2.75) is 19.8 Å². The molecule has 0 aliphatic heterocycles. The first-order valence-corrected chi connectivity index (χ1v) is 5.59. The topological polar surface area (TPSA) is 39.1 Å². The molecular formula is C11H21N3O. The Kier molecular flexibility index (Phi) is 6.04. The molecule has 0 bridgehead atoms. The van der Waals surface area contributed by atoms with E-state index in [2.05, 4.69) is 16.6 Å². The van der Waals surface area contributed by atoms with Crippen molar-refractivity contribution in [1.82, 2.24) is 15.1 Å². The van der Waals surface area contributed by atoms with Crippen LogP contribution >= 0.6 is 0 Å². The maximum atomic E-state index is 5.25. The Morgan fingerprint density at radius 2 is 2.33 bits per heavy atom. The molecule has 0 amide bonds. The average Bonchev–Trinajstić information content (AvgIpc) is 2.63. The zero-order chi connectivity index (χ0) is 10.9. The molecule has 0 aliphatic carbocycles. The van der Waals surface area contributed by atoms with E-state index in [1.54, 1.807) is 0 Å². The summed E-state index contributed by atoms with van der Waals surface area (Å²) in [5.74, 6) is 0. The van der Waals surface area contributed by atoms with E-state index in [4.69, 9.17) is 4.74 Å². The normalized spacial score (nSPS) is 10.8. The van der Waals surface area contributed by atoms with Gasteiger partial charge in [0.1, 0.15) is 0 Å². The Balaban J connectivity index is 1.93. The number of aryl methyl sites for hydroxylation is 1. The van der Waals surface area contributed by atoms with E-state index in [0.717, 1.165) is 39.1 Å². The van der Waals surface area contributed by atoms with Crippen LogP contribution in [0.3, 0.4) is 0 Å². The molecule has 0 spiro atoms. The summed E-state index contributed by atoms with van der Waals surface area (Å²) in [5.41, 5.74) is 1.29. The summed E-state index contributed by atoms with van der Waals surface area (Å²) in [6.45, 7) is 5.74. The Labute approximate surface area is 91.6 Å². The summed E-state index contributed by atoms with van der Waals surface area (Å²) in [5, 5.41) is 7.51. The summed E-state index contributed by atoms with van der Waals surface area (Å²) in [6, 6.07) is 0. The summed E-state index contributed by atoms with van der Waals surface area (Å²) >= 11 is 0. The van der Waals surface area contributed by atoms with Crippen molar-refractivity contribution in [3.8, 4) is 0 Å². The van der Waals surface area contributed by atoms with Gasteiger partial charge >= 0.3 is 0 Å². The molecule has 4 heteroatoms. The van der Waals surface area contributed by atoms with Crippen LogP contribution in [0, 0.1) is 0 Å². The number of aromatic nitrogens is 2. The number of nitrogens with zero attached hydrogens (tertiary/aromatic N) is 2. The predicted octanol–water partition coefficient (Wildman–Crippen LogP) is 0.979. The summed E-state index contributed by atoms with van der Waals surface area (Å²) in [6.07, 6.45) is 6.10. The van der Waals surface area contributed by atoms with Crippen LogP contribution in [0.5, 0.6) is 0 Å². The maximum absolute atomic E-state index is 5.25. The average molecular weight is 211 g/mol. The fraction of sp³-hybridized carbons (Fsp3) is 0.727. The van der Waals surface area contributed by atoms with Gasteiger partial charge in [0.15, 0.2) is 0 Å². The van der Waals surface area contributed by atoms with E-state index in [0.29, 0.717) is 0 Å². The van der Waals surface area contributed by atoms with Gasteiger partial charge in [0, 0.05) is 26.5 Å². The minimum Gasteiger partial charge on any atom is -0.382 e. The van der Waals surface area contributed by atoms with Crippen LogP contribution in [0.1, 0.15) is 18.9 Å². The van der Waals surface area contributed by atoms with Crippen LogP contribution in [0.15, 0.2) is 12.4 Å². The van der Waals surface area contributed by atoms with E-state index in [-0.39, 0.29) is 0 Å². The van der Waals surface area contributed by atoms with Crippen LogP contribution < -0.4 is 5.32 Å². The molecule has 86 valence electrons. The van der Waals surface area contributed by atoms with Gasteiger partial charge in [-0.15, -0.1) is 0 Å². The second-order valence-corrected chi connectivity index (χ2v) is 3.57. The minimum absolute atomic E-state index is 0.815. The van der Waals surface area contributed by atoms with Crippen molar-refractivity contribution in [2.75, 3.05) is 26.3 Å². The third-order valence-corrected chi connectivity index (χ3v) is 2.20. The number of hydrogen-bond acceptors (Lipinski definition) is 3. The van der Waals surface area contributed by atoms with E-state index >= 15 is 0 Å². The summed E-state index contributed by atoms with van der Waals surface area (Å²) in [7, 11) is 1.94. The van der Waals surface area contributed by atoms with Gasteiger partial charge in [-0.2, -0.15) is 5.10 Å². The monoisotopic (exact) mass is 211 g/mol. The lowest BCUT2D eigenvalue weighted by Gasteiger charge is -2.03. The molecule has 4 nitrogen and oxygen atoms in total. The van der Waals surface area contributed by atoms with Gasteiger partial charge in [-0.1, -0.05) is 0 Å². The standard InChI is InChI=1S/C11H21N3O/c1-3-15-8-4-6-12-7-5-11-9-13-14(2)10-11/h9-10,12H,3-8H2,1-2H3. The van der Waals surface area contributed by atoms with Crippen LogP contribution in [-0.2, 0) is 18.2 Å². The Morgan fingerprint density at radius 3 is 3.00 bits per heavy atom. The van der Waals surface area contributed by atoms with E-state index in [1.165, 1.54) is 5.56 Å². The number of ether oxygens (including phenoxy) is 1. The minimum atomic E-state index is 0.815. The zero-order valence-electron chi connectivity index (χ0n) is 9.70. The fourth-order valence-corrected chi connectivity index (χ4v) is 1.40. The quantitative estimate of drug-likeness (QED) is 0.651. The van der Waals surface area contributed by atoms with Crippen LogP contribution in [0.2, 0.25) is 0 Å². The molecule has 1 aromatic rings. The summed E-state index contributed by atoms with van der Waals surface area (Å²) in [4.78, 5) is 0. The molecule has 0 saturated carbocycles. The summed E-state index contributed by atoms with van der Waals surface area (Å²) < 4.78 is 7.09. The van der Waals surface area contributed by atoms with Crippen molar-refractivity contribution in [3.05, 3.63) is 18.0 Å². The predicted molar refractivity (Wildman–Crippen MR) is 60.9 cm³/mol. The molecule has 1 rings (SSSR count). The Hall–Kier alpha value is -0.870. The lowest BCUT2D eigenvalue weighted by Crippen LogP contribution is -2.19. The molecule has 0 unspecified atom stereocenters. The molecule has 15 heavy (non-hydrogen) atoms. The van der Waals surface area contributed by atoms with Crippen LogP contribution in [-0.4, -0.2) is 36.1 Å². The molecule has 1 heterocycles. The first-order chi connectivity index (χ1) is 7.33. The van der Waals surface area contributed by atoms with Crippen molar-refractivity contribution < 1.29 is 4.74 Å². The second kappa shape index (κ2) is 7.43. The molecule has 1 N–H and O–H groups in total. The van der Waals surface area contributed by atoms with Gasteiger partial charge in [-0.25, -0.2) is 0 Å². The Bertz CT molecular complexity index is 260. The third-order valence-electron chi connectivity index (χ3n) is 2.20. The highest BCUT2D eigenvalue weighted by atomic mass is 16.5. The zero-order valence-corrected chi connectivity index (χ0v) is 9.70. The molecule has 0 radical (unpaired) electrons. The van der Waals surface area contributed by atoms with E-state index < -0.39 is 0 Å². The Morgan fingerprint density at radius 1 is 1.47 bits per heavy atom. The molecule has 0 fully saturated rings. The van der Waals surface area contributed by atoms with Gasteiger partial charge in [0.05, 0.1) is 6.20 Å². The van der Waals surface area contributed by atoms with Gasteiger partial charge in [0.2, 0.25) is 0 Å². The number of rotatable bonds is 8. The second-order valence-electron chi connectivity index (χ2n) is 3.57. The lowest BCUT2D eigenvalue weighted by atomic mass is 10.2. The molecule has 0 aliphatic rings. The van der Waals surface area contributed by atoms with Gasteiger partial charge in [0.25, 0.3) is 0 Å². The first-order valence-electron chi connectivity index (χ1n) is 5.59. The van der Waals surface area contributed by atoms with Crippen LogP contribution in [0.4, 0.5) is 0 Å². The largest absolute Gasteiger partial charge is 0.382 e. The van der Waals surface area contributed by atoms with E-state index in [9.17, 15) is 0 Å². The van der Waals surface area contributed by atoms with Crippen molar-refractivity contribution in [3.63, 3.8) is 0 Å². The van der Waals surface area contributed by atoms with E-state index in [1.807, 2.05) is 24.9 Å². The SMILES string of the molecule is CCOCCCNCCc1cnn(C)c1. The van der Waals surface area contributed by atoms with Crippen molar-refractivity contribution in [2.24, 2.45) is 7.05 Å². The highest BCUT2D eigenvalue weighted by Crippen LogP contribution is 1.95. The lowest BCUT2D eigenvalue weighted by molar-refractivity contribution is 0.145. The smallest absolute Gasteiger partial charge is 0.0522 e. The highest BCUT2D eigenvalue weighted by Gasteiger charge is 1.95. The molecule has 0 atom stereocenters.